The van der Waals surface area contributed by atoms with E-state index < -0.39 is 40.8 Å². The van der Waals surface area contributed by atoms with Gasteiger partial charge < -0.3 is 10.0 Å². The van der Waals surface area contributed by atoms with Crippen molar-refractivity contribution in [2.75, 3.05) is 13.6 Å². The predicted molar refractivity (Wildman–Crippen MR) is 60.1 cm³/mol. The first-order valence-corrected chi connectivity index (χ1v) is 5.37. The number of rotatable bonds is 4. The number of amides is 1. The van der Waals surface area contributed by atoms with Gasteiger partial charge in [0.05, 0.1) is 11.5 Å². The predicted octanol–water partition coefficient (Wildman–Crippen LogP) is 1.90. The lowest BCUT2D eigenvalue weighted by atomic mass is 10.1. The molecule has 4 nitrogen and oxygen atoms in total. The Bertz CT molecular complexity index is 519. The first-order valence-electron chi connectivity index (χ1n) is 5.37. The monoisotopic (exact) mass is 275 g/mol. The van der Waals surface area contributed by atoms with Gasteiger partial charge in [0.1, 0.15) is 0 Å². The lowest BCUT2D eigenvalue weighted by Gasteiger charge is -2.19. The van der Waals surface area contributed by atoms with Crippen LogP contribution in [0.4, 0.5) is 13.2 Å². The summed E-state index contributed by atoms with van der Waals surface area (Å²) in [6, 6.07) is 1.46. The van der Waals surface area contributed by atoms with Crippen molar-refractivity contribution in [3.63, 3.8) is 0 Å². The van der Waals surface area contributed by atoms with Crippen LogP contribution >= 0.6 is 0 Å². The van der Waals surface area contributed by atoms with E-state index in [9.17, 15) is 22.8 Å². The average Bonchev–Trinajstić information content (AvgIpc) is 2.35. The molecule has 1 rings (SSSR count). The maximum absolute atomic E-state index is 13.4. The Kier molecular flexibility index (Phi) is 4.52. The molecule has 19 heavy (non-hydrogen) atoms. The molecule has 0 bridgehead atoms. The highest BCUT2D eigenvalue weighted by molar-refractivity contribution is 5.94. The van der Waals surface area contributed by atoms with Gasteiger partial charge in [0, 0.05) is 13.6 Å². The minimum Gasteiger partial charge on any atom is -0.481 e. The minimum absolute atomic E-state index is 0.174. The fourth-order valence-electron chi connectivity index (χ4n) is 1.47. The molecule has 7 heteroatoms. The summed E-state index contributed by atoms with van der Waals surface area (Å²) >= 11 is 0. The third kappa shape index (κ3) is 3.24. The van der Waals surface area contributed by atoms with E-state index in [1.54, 1.807) is 0 Å². The molecule has 1 aromatic carbocycles. The Morgan fingerprint density at radius 1 is 1.26 bits per heavy atom. The van der Waals surface area contributed by atoms with Crippen molar-refractivity contribution in [2.24, 2.45) is 5.92 Å². The van der Waals surface area contributed by atoms with Crippen LogP contribution in [0.15, 0.2) is 12.1 Å². The smallest absolute Gasteiger partial charge is 0.308 e. The van der Waals surface area contributed by atoms with Crippen molar-refractivity contribution in [1.29, 1.82) is 0 Å². The standard InChI is InChI=1S/C12H12F3NO3/c1-6(12(18)19)5-16(2)11(17)7-3-4-8(13)10(15)9(7)14/h3-4,6H,5H2,1-2H3,(H,18,19). The molecule has 1 unspecified atom stereocenters. The zero-order valence-corrected chi connectivity index (χ0v) is 10.3. The normalized spacial score (nSPS) is 12.1. The highest BCUT2D eigenvalue weighted by Crippen LogP contribution is 2.17. The Morgan fingerprint density at radius 2 is 1.84 bits per heavy atom. The summed E-state index contributed by atoms with van der Waals surface area (Å²) in [6.07, 6.45) is 0. The van der Waals surface area contributed by atoms with Gasteiger partial charge in [-0.1, -0.05) is 6.92 Å². The number of carbonyl (C=O) groups is 2. The Balaban J connectivity index is 2.95. The van der Waals surface area contributed by atoms with Crippen LogP contribution < -0.4 is 0 Å². The molecule has 0 aromatic heterocycles. The number of carbonyl (C=O) groups excluding carboxylic acids is 1. The molecule has 1 N–H and O–H groups in total. The number of halogens is 3. The molecule has 104 valence electrons. The molecule has 1 aromatic rings. The summed E-state index contributed by atoms with van der Waals surface area (Å²) in [5.41, 5.74) is -0.640. The number of carboxylic acid groups (broad SMARTS) is 1. The molecule has 0 saturated carbocycles. The molecule has 1 atom stereocenters. The van der Waals surface area contributed by atoms with Crippen molar-refractivity contribution in [2.45, 2.75) is 6.92 Å². The summed E-state index contributed by atoms with van der Waals surface area (Å²) in [5, 5.41) is 8.70. The highest BCUT2D eigenvalue weighted by atomic mass is 19.2. The van der Waals surface area contributed by atoms with E-state index in [1.165, 1.54) is 14.0 Å². The summed E-state index contributed by atoms with van der Waals surface area (Å²) < 4.78 is 39.1. The third-order valence-electron chi connectivity index (χ3n) is 2.58. The van der Waals surface area contributed by atoms with Gasteiger partial charge >= 0.3 is 5.97 Å². The van der Waals surface area contributed by atoms with Crippen LogP contribution in [0.3, 0.4) is 0 Å². The molecular formula is C12H12F3NO3. The fraction of sp³-hybridized carbons (Fsp3) is 0.333. The largest absolute Gasteiger partial charge is 0.481 e. The van der Waals surface area contributed by atoms with Crippen LogP contribution in [0.25, 0.3) is 0 Å². The molecule has 0 aliphatic rings. The second-order valence-corrected chi connectivity index (χ2v) is 4.15. The molecule has 1 amide bonds. The first-order chi connectivity index (χ1) is 8.75. The summed E-state index contributed by atoms with van der Waals surface area (Å²) in [4.78, 5) is 23.4. The van der Waals surface area contributed by atoms with Gasteiger partial charge in [-0.15, -0.1) is 0 Å². The van der Waals surface area contributed by atoms with Gasteiger partial charge in [0.25, 0.3) is 5.91 Å². The Morgan fingerprint density at radius 3 is 2.37 bits per heavy atom. The number of hydrogen-bond acceptors (Lipinski definition) is 2. The van der Waals surface area contributed by atoms with Crippen molar-refractivity contribution in [3.05, 3.63) is 35.1 Å². The van der Waals surface area contributed by atoms with E-state index in [4.69, 9.17) is 5.11 Å². The second kappa shape index (κ2) is 5.73. The molecule has 0 heterocycles. The van der Waals surface area contributed by atoms with Crippen LogP contribution in [-0.2, 0) is 4.79 Å². The quantitative estimate of drug-likeness (QED) is 0.854. The third-order valence-corrected chi connectivity index (χ3v) is 2.58. The SMILES string of the molecule is CC(CN(C)C(=O)c1ccc(F)c(F)c1F)C(=O)O. The van der Waals surface area contributed by atoms with E-state index in [-0.39, 0.29) is 6.54 Å². The van der Waals surface area contributed by atoms with Gasteiger partial charge in [0.2, 0.25) is 0 Å². The Labute approximate surface area is 107 Å². The van der Waals surface area contributed by atoms with Crippen molar-refractivity contribution in [3.8, 4) is 0 Å². The maximum Gasteiger partial charge on any atom is 0.308 e. The van der Waals surface area contributed by atoms with E-state index in [2.05, 4.69) is 0 Å². The highest BCUT2D eigenvalue weighted by Gasteiger charge is 2.23. The molecule has 0 radical (unpaired) electrons. The molecule has 0 saturated heterocycles. The van der Waals surface area contributed by atoms with Crippen LogP contribution in [0.5, 0.6) is 0 Å². The Hall–Kier alpha value is -2.05. The summed E-state index contributed by atoms with van der Waals surface area (Å²) in [7, 11) is 1.25. The maximum atomic E-state index is 13.4. The van der Waals surface area contributed by atoms with Gasteiger partial charge in [-0.2, -0.15) is 0 Å². The van der Waals surface area contributed by atoms with Crippen LogP contribution in [0, 0.1) is 23.4 Å². The van der Waals surface area contributed by atoms with Crippen LogP contribution in [0.1, 0.15) is 17.3 Å². The summed E-state index contributed by atoms with van der Waals surface area (Å²) in [6.45, 7) is 1.19. The molecule has 0 fully saturated rings. The molecule has 0 aliphatic carbocycles. The fourth-order valence-corrected chi connectivity index (χ4v) is 1.47. The molecule has 0 spiro atoms. The van der Waals surface area contributed by atoms with Gasteiger partial charge in [-0.3, -0.25) is 9.59 Å². The van der Waals surface area contributed by atoms with E-state index in [0.29, 0.717) is 6.07 Å². The number of aliphatic carboxylic acids is 1. The topological polar surface area (TPSA) is 57.6 Å². The van der Waals surface area contributed by atoms with Crippen molar-refractivity contribution < 1.29 is 27.9 Å². The van der Waals surface area contributed by atoms with E-state index >= 15 is 0 Å². The lowest BCUT2D eigenvalue weighted by molar-refractivity contribution is -0.141. The van der Waals surface area contributed by atoms with Gasteiger partial charge in [-0.05, 0) is 12.1 Å². The number of nitrogens with zero attached hydrogens (tertiary/aromatic N) is 1. The molecule has 0 aliphatic heterocycles. The number of hydrogen-bond donors (Lipinski definition) is 1. The van der Waals surface area contributed by atoms with Crippen LogP contribution in [0.2, 0.25) is 0 Å². The number of carboxylic acids is 1. The number of benzene rings is 1. The first kappa shape index (κ1) is 15.0. The van der Waals surface area contributed by atoms with Crippen LogP contribution in [-0.4, -0.2) is 35.5 Å². The zero-order valence-electron chi connectivity index (χ0n) is 10.3. The average molecular weight is 275 g/mol. The zero-order chi connectivity index (χ0) is 14.7. The van der Waals surface area contributed by atoms with Gasteiger partial charge in [0.15, 0.2) is 17.5 Å². The van der Waals surface area contributed by atoms with Gasteiger partial charge in [-0.25, -0.2) is 13.2 Å². The molecular weight excluding hydrogens is 263 g/mol. The van der Waals surface area contributed by atoms with E-state index in [1.807, 2.05) is 0 Å². The second-order valence-electron chi connectivity index (χ2n) is 4.15. The van der Waals surface area contributed by atoms with E-state index in [0.717, 1.165) is 11.0 Å². The minimum atomic E-state index is -1.73. The van der Waals surface area contributed by atoms with Crippen molar-refractivity contribution in [1.82, 2.24) is 4.90 Å². The van der Waals surface area contributed by atoms with Crippen molar-refractivity contribution >= 4 is 11.9 Å². The lowest BCUT2D eigenvalue weighted by Crippen LogP contribution is -2.34. The summed E-state index contributed by atoms with van der Waals surface area (Å²) in [5.74, 6) is -7.60.